The number of piperidine rings is 1. The van der Waals surface area contributed by atoms with E-state index in [1.165, 1.54) is 0 Å². The van der Waals surface area contributed by atoms with Crippen molar-refractivity contribution in [2.24, 2.45) is 0 Å². The number of hydrogen-bond donors (Lipinski definition) is 2. The number of hydrogen-bond acceptors (Lipinski definition) is 2. The van der Waals surface area contributed by atoms with Crippen molar-refractivity contribution in [3.05, 3.63) is 0 Å². The zero-order valence-electron chi connectivity index (χ0n) is 9.23. The molecule has 1 rings (SSSR count). The van der Waals surface area contributed by atoms with Gasteiger partial charge in [0, 0.05) is 18.5 Å². The number of carbonyl (C=O) groups is 1. The zero-order chi connectivity index (χ0) is 12.2. The van der Waals surface area contributed by atoms with E-state index in [0.717, 1.165) is 19.4 Å². The largest absolute Gasteiger partial charge is 0.389 e. The minimum absolute atomic E-state index is 0.0111. The number of rotatable bonds is 3. The Labute approximate surface area is 92.8 Å². The Kier molecular flexibility index (Phi) is 4.58. The van der Waals surface area contributed by atoms with Crippen LogP contribution in [0.15, 0.2) is 0 Å². The number of amides is 1. The lowest BCUT2D eigenvalue weighted by Crippen LogP contribution is -2.46. The minimum Gasteiger partial charge on any atom is -0.353 e. The van der Waals surface area contributed by atoms with E-state index in [1.54, 1.807) is 0 Å². The molecule has 0 aromatic carbocycles. The lowest BCUT2D eigenvalue weighted by molar-refractivity contribution is -0.144. The predicted molar refractivity (Wildman–Crippen MR) is 53.9 cm³/mol. The molecule has 1 heterocycles. The molecular formula is C10H17F3N2O. The van der Waals surface area contributed by atoms with Gasteiger partial charge >= 0.3 is 6.18 Å². The summed E-state index contributed by atoms with van der Waals surface area (Å²) in [6, 6.07) is 0.318. The van der Waals surface area contributed by atoms with E-state index in [0.29, 0.717) is 6.04 Å². The lowest BCUT2D eigenvalue weighted by atomic mass is 10.0. The summed E-state index contributed by atoms with van der Waals surface area (Å²) in [4.78, 5) is 11.2. The van der Waals surface area contributed by atoms with Crippen molar-refractivity contribution in [1.29, 1.82) is 0 Å². The van der Waals surface area contributed by atoms with Crippen molar-refractivity contribution < 1.29 is 18.0 Å². The molecule has 16 heavy (non-hydrogen) atoms. The Hall–Kier alpha value is -0.780. The molecule has 1 aliphatic heterocycles. The molecule has 0 bridgehead atoms. The zero-order valence-corrected chi connectivity index (χ0v) is 9.23. The SMILES string of the molecule is CC1CC(NC(=O)CCC(F)(F)F)CCN1. The molecular weight excluding hydrogens is 221 g/mol. The average molecular weight is 238 g/mol. The summed E-state index contributed by atoms with van der Waals surface area (Å²) < 4.78 is 35.6. The van der Waals surface area contributed by atoms with E-state index in [4.69, 9.17) is 0 Å². The first-order valence-corrected chi connectivity index (χ1v) is 5.46. The molecule has 3 nitrogen and oxygen atoms in total. The smallest absolute Gasteiger partial charge is 0.353 e. The van der Waals surface area contributed by atoms with Gasteiger partial charge in [-0.3, -0.25) is 4.79 Å². The van der Waals surface area contributed by atoms with E-state index < -0.39 is 24.9 Å². The maximum atomic E-state index is 11.9. The van der Waals surface area contributed by atoms with Crippen LogP contribution in [0.3, 0.4) is 0 Å². The van der Waals surface area contributed by atoms with Crippen LogP contribution in [0.2, 0.25) is 0 Å². The first-order valence-electron chi connectivity index (χ1n) is 5.46. The van der Waals surface area contributed by atoms with Gasteiger partial charge < -0.3 is 10.6 Å². The number of alkyl halides is 3. The Morgan fingerprint density at radius 1 is 1.50 bits per heavy atom. The second kappa shape index (κ2) is 5.52. The molecule has 2 N–H and O–H groups in total. The van der Waals surface area contributed by atoms with Crippen LogP contribution in [0.4, 0.5) is 13.2 Å². The third-order valence-corrected chi connectivity index (χ3v) is 2.62. The van der Waals surface area contributed by atoms with Crippen LogP contribution in [-0.2, 0) is 4.79 Å². The topological polar surface area (TPSA) is 41.1 Å². The monoisotopic (exact) mass is 238 g/mol. The van der Waals surface area contributed by atoms with E-state index in [9.17, 15) is 18.0 Å². The van der Waals surface area contributed by atoms with Gasteiger partial charge in [-0.1, -0.05) is 0 Å². The second-order valence-corrected chi connectivity index (χ2v) is 4.26. The third kappa shape index (κ3) is 5.34. The summed E-state index contributed by atoms with van der Waals surface area (Å²) in [6.07, 6.45) is -4.21. The molecule has 2 unspecified atom stereocenters. The molecule has 0 aliphatic carbocycles. The van der Waals surface area contributed by atoms with Crippen molar-refractivity contribution in [2.75, 3.05) is 6.54 Å². The highest BCUT2D eigenvalue weighted by atomic mass is 19.4. The summed E-state index contributed by atoms with van der Waals surface area (Å²) in [6.45, 7) is 2.79. The van der Waals surface area contributed by atoms with Gasteiger partial charge in [-0.05, 0) is 26.3 Å². The third-order valence-electron chi connectivity index (χ3n) is 2.62. The molecule has 1 amide bonds. The molecule has 6 heteroatoms. The van der Waals surface area contributed by atoms with Crippen molar-refractivity contribution in [1.82, 2.24) is 10.6 Å². The molecule has 1 saturated heterocycles. The van der Waals surface area contributed by atoms with Gasteiger partial charge in [-0.15, -0.1) is 0 Å². The maximum Gasteiger partial charge on any atom is 0.389 e. The van der Waals surface area contributed by atoms with Gasteiger partial charge in [-0.2, -0.15) is 13.2 Å². The van der Waals surface area contributed by atoms with Gasteiger partial charge in [0.15, 0.2) is 0 Å². The molecule has 0 saturated carbocycles. The van der Waals surface area contributed by atoms with Gasteiger partial charge in [0.05, 0.1) is 6.42 Å². The fourth-order valence-corrected chi connectivity index (χ4v) is 1.82. The summed E-state index contributed by atoms with van der Waals surface area (Å²) in [5.74, 6) is -0.503. The molecule has 0 aromatic heterocycles. The van der Waals surface area contributed by atoms with E-state index in [1.807, 2.05) is 6.92 Å². The molecule has 0 radical (unpaired) electrons. The molecule has 2 atom stereocenters. The van der Waals surface area contributed by atoms with Crippen LogP contribution in [0.1, 0.15) is 32.6 Å². The highest BCUT2D eigenvalue weighted by Gasteiger charge is 2.28. The first kappa shape index (κ1) is 13.3. The molecule has 1 fully saturated rings. The van der Waals surface area contributed by atoms with Crippen LogP contribution in [0.25, 0.3) is 0 Å². The van der Waals surface area contributed by atoms with E-state index in [-0.39, 0.29) is 6.04 Å². The Morgan fingerprint density at radius 3 is 2.75 bits per heavy atom. The predicted octanol–water partition coefficient (Wildman–Crippen LogP) is 1.59. The Morgan fingerprint density at radius 2 is 2.19 bits per heavy atom. The van der Waals surface area contributed by atoms with Crippen molar-refractivity contribution in [3.8, 4) is 0 Å². The second-order valence-electron chi connectivity index (χ2n) is 4.26. The molecule has 1 aliphatic rings. The quantitative estimate of drug-likeness (QED) is 0.784. The van der Waals surface area contributed by atoms with E-state index in [2.05, 4.69) is 10.6 Å². The van der Waals surface area contributed by atoms with Gasteiger partial charge in [0.25, 0.3) is 0 Å². The number of nitrogens with one attached hydrogen (secondary N) is 2. The summed E-state index contributed by atoms with van der Waals surface area (Å²) in [5, 5.41) is 5.85. The van der Waals surface area contributed by atoms with Crippen LogP contribution < -0.4 is 10.6 Å². The van der Waals surface area contributed by atoms with Gasteiger partial charge in [0.1, 0.15) is 0 Å². The molecule has 0 aromatic rings. The summed E-state index contributed by atoms with van der Waals surface area (Å²) in [5.41, 5.74) is 0. The van der Waals surface area contributed by atoms with Crippen LogP contribution in [0.5, 0.6) is 0 Å². The average Bonchev–Trinajstić information content (AvgIpc) is 2.14. The summed E-state index contributed by atoms with van der Waals surface area (Å²) >= 11 is 0. The number of halogens is 3. The van der Waals surface area contributed by atoms with Gasteiger partial charge in [0.2, 0.25) is 5.91 Å². The fourth-order valence-electron chi connectivity index (χ4n) is 1.82. The molecule has 94 valence electrons. The minimum atomic E-state index is -4.25. The standard InChI is InChI=1S/C10H17F3N2O/c1-7-6-8(3-5-14-7)15-9(16)2-4-10(11,12)13/h7-8,14H,2-6H2,1H3,(H,15,16). The normalized spacial score (nSPS) is 26.5. The van der Waals surface area contributed by atoms with Crippen molar-refractivity contribution in [3.63, 3.8) is 0 Å². The fraction of sp³-hybridized carbons (Fsp3) is 0.900. The van der Waals surface area contributed by atoms with Crippen molar-refractivity contribution >= 4 is 5.91 Å². The van der Waals surface area contributed by atoms with Crippen LogP contribution >= 0.6 is 0 Å². The molecule has 0 spiro atoms. The van der Waals surface area contributed by atoms with Crippen molar-refractivity contribution in [2.45, 2.75) is 50.9 Å². The summed E-state index contributed by atoms with van der Waals surface area (Å²) in [7, 11) is 0. The highest BCUT2D eigenvalue weighted by molar-refractivity contribution is 5.76. The van der Waals surface area contributed by atoms with E-state index >= 15 is 0 Å². The maximum absolute atomic E-state index is 11.9. The van der Waals surface area contributed by atoms with Crippen LogP contribution in [0, 0.1) is 0 Å². The van der Waals surface area contributed by atoms with Gasteiger partial charge in [-0.25, -0.2) is 0 Å². The van der Waals surface area contributed by atoms with Crippen LogP contribution in [-0.4, -0.2) is 30.7 Å². The number of carbonyl (C=O) groups excluding carboxylic acids is 1. The Bertz CT molecular complexity index is 243. The lowest BCUT2D eigenvalue weighted by Gasteiger charge is -2.28. The first-order chi connectivity index (χ1) is 7.37. The Balaban J connectivity index is 2.23. The highest BCUT2D eigenvalue weighted by Crippen LogP contribution is 2.21.